The molecule has 0 amide bonds. The van der Waals surface area contributed by atoms with Gasteiger partial charge in [0, 0.05) is 61.4 Å². The molecule has 0 unspecified atom stereocenters. The number of piperidine rings is 2. The molecular weight excluding hydrogens is 677 g/mol. The van der Waals surface area contributed by atoms with Crippen LogP contribution in [0, 0.1) is 11.3 Å². The molecule has 0 saturated carbocycles. The third-order valence-electron chi connectivity index (χ3n) is 11.7. The van der Waals surface area contributed by atoms with Crippen molar-refractivity contribution >= 4 is 0 Å². The van der Waals surface area contributed by atoms with E-state index in [2.05, 4.69) is 147 Å². The van der Waals surface area contributed by atoms with Crippen LogP contribution in [0.2, 0.25) is 0 Å². The van der Waals surface area contributed by atoms with E-state index in [1.54, 1.807) is 0 Å². The van der Waals surface area contributed by atoms with Crippen LogP contribution in [0.4, 0.5) is 0 Å². The van der Waals surface area contributed by atoms with Crippen molar-refractivity contribution in [3.05, 3.63) is 0 Å². The maximum Gasteiger partial charge on any atom is 0.0594 e. The van der Waals surface area contributed by atoms with Gasteiger partial charge in [-0.15, -0.1) is 0 Å². The number of ether oxygens (including phenoxy) is 1. The number of likely N-dealkylation sites (tertiary alicyclic amines) is 3. The van der Waals surface area contributed by atoms with Gasteiger partial charge in [0.05, 0.1) is 13.2 Å². The van der Waals surface area contributed by atoms with Gasteiger partial charge in [-0.1, -0.05) is 56.9 Å². The van der Waals surface area contributed by atoms with E-state index in [1.807, 2.05) is 0 Å². The highest BCUT2D eigenvalue weighted by molar-refractivity contribution is 4.82. The molecule has 0 N–H and O–H groups in total. The molecule has 5 aliphatic rings. The molecule has 0 radical (unpaired) electrons. The monoisotopic (exact) mass is 787 g/mol. The molecule has 0 bridgehead atoms. The molecule has 5 aliphatic heterocycles. The maximum atomic E-state index is 5.25. The number of hydrogen-bond donors (Lipinski definition) is 0. The van der Waals surface area contributed by atoms with E-state index in [0.717, 1.165) is 32.2 Å². The second kappa shape index (κ2) is 28.2. The lowest BCUT2D eigenvalue weighted by Crippen LogP contribution is -2.52. The minimum absolute atomic E-state index is 0. The second-order valence-corrected chi connectivity index (χ2v) is 21.3. The zero-order chi connectivity index (χ0) is 39.1. The topological polar surface area (TPSA) is 28.7 Å². The number of morpholine rings is 1. The Bertz CT molecular complexity index is 797. The molecule has 0 atom stereocenters. The molecular formula is C48H110N6O. The molecule has 7 nitrogen and oxygen atoms in total. The van der Waals surface area contributed by atoms with Gasteiger partial charge in [-0.05, 0) is 186 Å². The predicted molar refractivity (Wildman–Crippen MR) is 253 cm³/mol. The van der Waals surface area contributed by atoms with E-state index in [1.165, 1.54) is 110 Å². The summed E-state index contributed by atoms with van der Waals surface area (Å²) in [6.07, 6.45) is 9.82. The highest BCUT2D eigenvalue weighted by Crippen LogP contribution is 2.33. The fourth-order valence-electron chi connectivity index (χ4n) is 7.54. The molecule has 7 heteroatoms. The molecule has 5 heterocycles. The molecule has 0 aromatic rings. The third kappa shape index (κ3) is 27.2. The van der Waals surface area contributed by atoms with Crippen LogP contribution < -0.4 is 0 Å². The maximum absolute atomic E-state index is 5.25. The van der Waals surface area contributed by atoms with Crippen molar-refractivity contribution in [1.82, 2.24) is 29.4 Å². The van der Waals surface area contributed by atoms with Crippen molar-refractivity contribution in [3.63, 3.8) is 0 Å². The first-order valence-corrected chi connectivity index (χ1v) is 21.3. The summed E-state index contributed by atoms with van der Waals surface area (Å²) >= 11 is 0. The van der Waals surface area contributed by atoms with Crippen molar-refractivity contribution in [2.24, 2.45) is 11.3 Å². The van der Waals surface area contributed by atoms with Gasteiger partial charge in [0.25, 0.3) is 0 Å². The number of nitrogens with zero attached hydrogens (tertiary/aromatic N) is 6. The highest BCUT2D eigenvalue weighted by Gasteiger charge is 2.28. The van der Waals surface area contributed by atoms with Crippen molar-refractivity contribution in [2.45, 2.75) is 201 Å². The molecule has 55 heavy (non-hydrogen) atoms. The lowest BCUT2D eigenvalue weighted by Gasteiger charge is -2.41. The van der Waals surface area contributed by atoms with E-state index < -0.39 is 0 Å². The normalized spacial score (nSPS) is 21.8. The van der Waals surface area contributed by atoms with E-state index in [-0.39, 0.29) is 29.7 Å². The summed E-state index contributed by atoms with van der Waals surface area (Å²) in [5.41, 5.74) is 2.03. The molecule has 0 aromatic carbocycles. The van der Waals surface area contributed by atoms with Crippen LogP contribution in [-0.2, 0) is 4.74 Å². The summed E-state index contributed by atoms with van der Waals surface area (Å²) in [6, 6.07) is 0. The van der Waals surface area contributed by atoms with E-state index in [9.17, 15) is 0 Å². The first-order valence-electron chi connectivity index (χ1n) is 21.3. The second-order valence-electron chi connectivity index (χ2n) is 21.3. The smallest absolute Gasteiger partial charge is 0.0594 e. The van der Waals surface area contributed by atoms with E-state index >= 15 is 0 Å². The van der Waals surface area contributed by atoms with Crippen LogP contribution in [0.5, 0.6) is 0 Å². The van der Waals surface area contributed by atoms with Gasteiger partial charge in [0.2, 0.25) is 0 Å². The Balaban J connectivity index is -0.000000291. The average molecular weight is 787 g/mol. The number of likely N-dealkylation sites (N-methyl/N-ethyl adjacent to an activating group) is 1. The van der Waals surface area contributed by atoms with Gasteiger partial charge in [0.1, 0.15) is 0 Å². The Morgan fingerprint density at radius 3 is 0.891 bits per heavy atom. The van der Waals surface area contributed by atoms with Crippen LogP contribution in [0.25, 0.3) is 0 Å². The van der Waals surface area contributed by atoms with Crippen LogP contribution in [-0.4, -0.2) is 157 Å². The molecule has 0 aliphatic carbocycles. The quantitative estimate of drug-likeness (QED) is 0.241. The lowest BCUT2D eigenvalue weighted by molar-refractivity contribution is -0.00389. The Morgan fingerprint density at radius 2 is 0.618 bits per heavy atom. The van der Waals surface area contributed by atoms with Gasteiger partial charge in [-0.2, -0.15) is 0 Å². The molecule has 5 rings (SSSR count). The SMILES string of the molecule is C.C.C.C.CC(C)(C)N1CCCC1.CC(C)(C)N1CCCCC1.CC(C)(C)N1CCOCC1.CN1CCC(C(C)(C)C)CC1.CN1CCN(C(C)(C)C)CC1. The molecule has 0 aromatic heterocycles. The van der Waals surface area contributed by atoms with Crippen molar-refractivity contribution in [2.75, 3.05) is 106 Å². The summed E-state index contributed by atoms with van der Waals surface area (Å²) in [6.45, 7) is 51.2. The van der Waals surface area contributed by atoms with Gasteiger partial charge in [-0.3, -0.25) is 19.6 Å². The van der Waals surface area contributed by atoms with Gasteiger partial charge in [-0.25, -0.2) is 0 Å². The van der Waals surface area contributed by atoms with Crippen LogP contribution >= 0.6 is 0 Å². The lowest BCUT2D eigenvalue weighted by atomic mass is 9.75. The Hall–Kier alpha value is -0.280. The third-order valence-corrected chi connectivity index (χ3v) is 11.7. The van der Waals surface area contributed by atoms with E-state index in [4.69, 9.17) is 4.74 Å². The number of piperazine rings is 1. The molecule has 5 saturated heterocycles. The average Bonchev–Trinajstić information content (AvgIpc) is 3.59. The Labute approximate surface area is 351 Å². The molecule has 0 spiro atoms. The van der Waals surface area contributed by atoms with Crippen molar-refractivity contribution < 1.29 is 4.74 Å². The summed E-state index contributed by atoms with van der Waals surface area (Å²) in [7, 11) is 4.42. The summed E-state index contributed by atoms with van der Waals surface area (Å²) in [4.78, 5) is 15.0. The van der Waals surface area contributed by atoms with Gasteiger partial charge in [0.15, 0.2) is 0 Å². The van der Waals surface area contributed by atoms with Crippen LogP contribution in [0.1, 0.15) is 179 Å². The first kappa shape index (κ1) is 61.4. The van der Waals surface area contributed by atoms with Crippen LogP contribution in [0.15, 0.2) is 0 Å². The largest absolute Gasteiger partial charge is 0.379 e. The summed E-state index contributed by atoms with van der Waals surface area (Å²) < 4.78 is 5.25. The fraction of sp³-hybridized carbons (Fsp3) is 1.00. The van der Waals surface area contributed by atoms with Gasteiger partial charge >= 0.3 is 0 Å². The fourth-order valence-corrected chi connectivity index (χ4v) is 7.54. The summed E-state index contributed by atoms with van der Waals surface area (Å²) in [5, 5.41) is 0. The standard InChI is InChI=1S/C10H21N.C9H20N2.C9H19N.C8H17NO.C8H17N.4CH4/c1-10(2,3)9-5-7-11(4)8-6-9;1-9(2,3)11-7-5-10(4)6-8-11;1-9(2,3)10-7-5-4-6-8-10;1-8(2,3)9-4-6-10-7-5-9;1-8(2,3)9-6-4-5-7-9;;;;/h9H,5-8H2,1-4H3;5-8H2,1-4H3;4-8H2,1-3H3;4-7H2,1-3H3;4-7H2,1-3H3;4*1H4. The molecule has 5 fully saturated rings. The van der Waals surface area contributed by atoms with Crippen molar-refractivity contribution in [1.29, 1.82) is 0 Å². The molecule has 338 valence electrons. The number of rotatable bonds is 0. The minimum Gasteiger partial charge on any atom is -0.379 e. The van der Waals surface area contributed by atoms with Crippen LogP contribution in [0.3, 0.4) is 0 Å². The zero-order valence-electron chi connectivity index (χ0n) is 38.0. The summed E-state index contributed by atoms with van der Waals surface area (Å²) in [5.74, 6) is 0.943. The zero-order valence-corrected chi connectivity index (χ0v) is 38.0. The van der Waals surface area contributed by atoms with E-state index in [0.29, 0.717) is 27.6 Å². The number of hydrogen-bond acceptors (Lipinski definition) is 7. The Morgan fingerprint density at radius 1 is 0.345 bits per heavy atom. The Kier molecular flexibility index (Phi) is 31.5. The first-order chi connectivity index (χ1) is 23.3. The van der Waals surface area contributed by atoms with Gasteiger partial charge < -0.3 is 14.5 Å². The minimum atomic E-state index is 0. The predicted octanol–water partition coefficient (Wildman–Crippen LogP) is 11.2. The van der Waals surface area contributed by atoms with Crippen molar-refractivity contribution in [3.8, 4) is 0 Å². The highest BCUT2D eigenvalue weighted by atomic mass is 16.5.